The molecule has 1 fully saturated rings. The Labute approximate surface area is 140 Å². The molecule has 0 aromatic carbocycles. The summed E-state index contributed by atoms with van der Waals surface area (Å²) in [7, 11) is 1.71. The predicted molar refractivity (Wildman–Crippen MR) is 88.8 cm³/mol. The minimum atomic E-state index is -0.296. The first-order valence-corrected chi connectivity index (χ1v) is 8.25. The minimum absolute atomic E-state index is 0.0887. The fraction of sp³-hybridized carbons (Fsp3) is 0.500. The van der Waals surface area contributed by atoms with Gasteiger partial charge in [0.25, 0.3) is 11.8 Å². The molecule has 8 nitrogen and oxygen atoms in total. The minimum Gasteiger partial charge on any atom is -0.337 e. The molecule has 8 heteroatoms. The topological polar surface area (TPSA) is 85.0 Å². The predicted octanol–water partition coefficient (Wildman–Crippen LogP) is 1.51. The quantitative estimate of drug-likeness (QED) is 0.921. The fourth-order valence-electron chi connectivity index (χ4n) is 2.88. The molecule has 2 aromatic rings. The lowest BCUT2D eigenvalue weighted by Crippen LogP contribution is -2.37. The number of nitrogens with one attached hydrogen (secondary N) is 1. The second-order valence-electron chi connectivity index (χ2n) is 5.92. The van der Waals surface area contributed by atoms with Crippen LogP contribution in [0.2, 0.25) is 0 Å². The van der Waals surface area contributed by atoms with Crippen molar-refractivity contribution in [3.8, 4) is 0 Å². The maximum atomic E-state index is 12.8. The molecule has 0 spiro atoms. The van der Waals surface area contributed by atoms with E-state index in [1.165, 1.54) is 17.1 Å². The first-order valence-electron chi connectivity index (χ1n) is 8.25. The van der Waals surface area contributed by atoms with E-state index in [4.69, 9.17) is 0 Å². The van der Waals surface area contributed by atoms with Crippen molar-refractivity contribution in [2.75, 3.05) is 18.4 Å². The molecule has 2 aromatic heterocycles. The van der Waals surface area contributed by atoms with E-state index in [9.17, 15) is 9.59 Å². The lowest BCUT2D eigenvalue weighted by Gasteiger charge is -2.27. The number of hydrogen-bond acceptors (Lipinski definition) is 4. The number of carbonyl (C=O) groups excluding carboxylic acids is 2. The van der Waals surface area contributed by atoms with Gasteiger partial charge in [-0.05, 0) is 26.2 Å². The number of amides is 2. The van der Waals surface area contributed by atoms with E-state index < -0.39 is 0 Å². The Bertz CT molecular complexity index is 742. The summed E-state index contributed by atoms with van der Waals surface area (Å²) in [5.74, 6) is -0.385. The smallest absolute Gasteiger partial charge is 0.274 e. The van der Waals surface area contributed by atoms with E-state index in [0.29, 0.717) is 23.5 Å². The van der Waals surface area contributed by atoms with Crippen molar-refractivity contribution in [1.82, 2.24) is 24.5 Å². The number of aryl methyl sites for hydroxylation is 2. The summed E-state index contributed by atoms with van der Waals surface area (Å²) in [6.45, 7) is 4.14. The normalized spacial score (nSPS) is 14.7. The van der Waals surface area contributed by atoms with Gasteiger partial charge < -0.3 is 10.2 Å². The Hall–Kier alpha value is -2.64. The van der Waals surface area contributed by atoms with Gasteiger partial charge in [0.05, 0.1) is 23.6 Å². The van der Waals surface area contributed by atoms with Crippen LogP contribution in [-0.2, 0) is 13.6 Å². The molecule has 1 aliphatic heterocycles. The van der Waals surface area contributed by atoms with Crippen molar-refractivity contribution in [3.05, 3.63) is 29.8 Å². The molecule has 0 saturated carbocycles. The molecule has 24 heavy (non-hydrogen) atoms. The summed E-state index contributed by atoms with van der Waals surface area (Å²) in [6, 6.07) is 0. The molecule has 2 amide bonds. The Morgan fingerprint density at radius 1 is 1.17 bits per heavy atom. The number of anilines is 1. The molecule has 1 aliphatic rings. The van der Waals surface area contributed by atoms with E-state index in [1.807, 2.05) is 11.8 Å². The summed E-state index contributed by atoms with van der Waals surface area (Å²) in [5, 5.41) is 11.0. The molecule has 3 rings (SSSR count). The van der Waals surface area contributed by atoms with Gasteiger partial charge in [-0.25, -0.2) is 0 Å². The summed E-state index contributed by atoms with van der Waals surface area (Å²) in [4.78, 5) is 27.0. The second kappa shape index (κ2) is 6.86. The number of rotatable bonds is 4. The Morgan fingerprint density at radius 2 is 1.92 bits per heavy atom. The zero-order valence-electron chi connectivity index (χ0n) is 14.0. The van der Waals surface area contributed by atoms with Gasteiger partial charge in [-0.2, -0.15) is 10.2 Å². The number of hydrogen-bond donors (Lipinski definition) is 1. The van der Waals surface area contributed by atoms with Crippen LogP contribution in [0.1, 0.15) is 47.0 Å². The summed E-state index contributed by atoms with van der Waals surface area (Å²) in [6.07, 6.45) is 7.89. The van der Waals surface area contributed by atoms with Crippen molar-refractivity contribution in [2.24, 2.45) is 7.05 Å². The Morgan fingerprint density at radius 3 is 2.58 bits per heavy atom. The maximum absolute atomic E-state index is 12.8. The number of aromatic nitrogens is 4. The van der Waals surface area contributed by atoms with Crippen LogP contribution >= 0.6 is 0 Å². The highest BCUT2D eigenvalue weighted by atomic mass is 16.2. The van der Waals surface area contributed by atoms with Crippen LogP contribution in [0.25, 0.3) is 0 Å². The van der Waals surface area contributed by atoms with Gasteiger partial charge in [-0.1, -0.05) is 0 Å². The molecule has 1 saturated heterocycles. The standard InChI is InChI=1S/C16H22N6O2/c1-3-22-11-12(9-18-22)15(23)19-13-10-17-20(2)14(13)16(24)21-7-5-4-6-8-21/h9-11H,3-8H2,1-2H3,(H,19,23). The largest absolute Gasteiger partial charge is 0.337 e. The average molecular weight is 330 g/mol. The van der Waals surface area contributed by atoms with Crippen LogP contribution in [0.4, 0.5) is 5.69 Å². The maximum Gasteiger partial charge on any atom is 0.274 e. The third-order valence-electron chi connectivity index (χ3n) is 4.25. The summed E-state index contributed by atoms with van der Waals surface area (Å²) < 4.78 is 3.19. The average Bonchev–Trinajstić information content (AvgIpc) is 3.22. The van der Waals surface area contributed by atoms with Gasteiger partial charge in [0, 0.05) is 32.9 Å². The van der Waals surface area contributed by atoms with Gasteiger partial charge in [-0.3, -0.25) is 19.0 Å². The zero-order chi connectivity index (χ0) is 17.1. The first-order chi connectivity index (χ1) is 11.6. The van der Waals surface area contributed by atoms with Gasteiger partial charge >= 0.3 is 0 Å². The highest BCUT2D eigenvalue weighted by molar-refractivity contribution is 6.08. The number of likely N-dealkylation sites (tertiary alicyclic amines) is 1. The molecular weight excluding hydrogens is 308 g/mol. The van der Waals surface area contributed by atoms with Crippen LogP contribution in [0.5, 0.6) is 0 Å². The summed E-state index contributed by atoms with van der Waals surface area (Å²) >= 11 is 0. The molecule has 0 radical (unpaired) electrons. The Balaban J connectivity index is 1.79. The number of piperidine rings is 1. The molecule has 1 N–H and O–H groups in total. The number of nitrogens with zero attached hydrogens (tertiary/aromatic N) is 5. The van der Waals surface area contributed by atoms with E-state index in [2.05, 4.69) is 15.5 Å². The van der Waals surface area contributed by atoms with Gasteiger partial charge in [0.15, 0.2) is 0 Å². The van der Waals surface area contributed by atoms with E-state index in [-0.39, 0.29) is 11.8 Å². The molecule has 0 unspecified atom stereocenters. The molecule has 3 heterocycles. The summed E-state index contributed by atoms with van der Waals surface area (Å²) in [5.41, 5.74) is 1.30. The van der Waals surface area contributed by atoms with Crippen LogP contribution in [0, 0.1) is 0 Å². The molecule has 0 atom stereocenters. The molecule has 0 bridgehead atoms. The van der Waals surface area contributed by atoms with Crippen LogP contribution in [0.15, 0.2) is 18.6 Å². The number of carbonyl (C=O) groups is 2. The van der Waals surface area contributed by atoms with Crippen molar-refractivity contribution >= 4 is 17.5 Å². The van der Waals surface area contributed by atoms with Crippen LogP contribution < -0.4 is 5.32 Å². The van der Waals surface area contributed by atoms with Crippen molar-refractivity contribution in [3.63, 3.8) is 0 Å². The van der Waals surface area contributed by atoms with Crippen LogP contribution in [-0.4, -0.2) is 49.4 Å². The highest BCUT2D eigenvalue weighted by Gasteiger charge is 2.25. The second-order valence-corrected chi connectivity index (χ2v) is 5.92. The highest BCUT2D eigenvalue weighted by Crippen LogP contribution is 2.20. The molecular formula is C16H22N6O2. The van der Waals surface area contributed by atoms with E-state index in [1.54, 1.807) is 17.9 Å². The van der Waals surface area contributed by atoms with Crippen molar-refractivity contribution in [1.29, 1.82) is 0 Å². The molecule has 128 valence electrons. The van der Waals surface area contributed by atoms with Crippen molar-refractivity contribution in [2.45, 2.75) is 32.7 Å². The molecule has 0 aliphatic carbocycles. The van der Waals surface area contributed by atoms with E-state index >= 15 is 0 Å². The van der Waals surface area contributed by atoms with Crippen LogP contribution in [0.3, 0.4) is 0 Å². The SMILES string of the molecule is CCn1cc(C(=O)Nc2cnn(C)c2C(=O)N2CCCCC2)cn1. The first kappa shape index (κ1) is 16.2. The van der Waals surface area contributed by atoms with Gasteiger partial charge in [0.1, 0.15) is 5.69 Å². The van der Waals surface area contributed by atoms with E-state index in [0.717, 1.165) is 32.4 Å². The third kappa shape index (κ3) is 3.17. The fourth-order valence-corrected chi connectivity index (χ4v) is 2.88. The lowest BCUT2D eigenvalue weighted by molar-refractivity contribution is 0.0714. The van der Waals surface area contributed by atoms with Gasteiger partial charge in [0.2, 0.25) is 0 Å². The monoisotopic (exact) mass is 330 g/mol. The van der Waals surface area contributed by atoms with Crippen molar-refractivity contribution < 1.29 is 9.59 Å². The third-order valence-corrected chi connectivity index (χ3v) is 4.25. The lowest BCUT2D eigenvalue weighted by atomic mass is 10.1. The van der Waals surface area contributed by atoms with Gasteiger partial charge in [-0.15, -0.1) is 0 Å². The Kier molecular flexibility index (Phi) is 4.64. The zero-order valence-corrected chi connectivity index (χ0v) is 14.0.